The minimum Gasteiger partial charge on any atom is -0.310 e. The lowest BCUT2D eigenvalue weighted by atomic mass is 10.2. The largest absolute Gasteiger partial charge is 0.310 e. The molecule has 0 aromatic heterocycles. The molecule has 2 atom stereocenters. The Kier molecular flexibility index (Phi) is 2.46. The van der Waals surface area contributed by atoms with Crippen molar-refractivity contribution < 1.29 is 9.69 Å². The highest BCUT2D eigenvalue weighted by Crippen LogP contribution is 2.29. The second-order valence-corrected chi connectivity index (χ2v) is 5.10. The molecule has 0 spiro atoms. The van der Waals surface area contributed by atoms with Crippen molar-refractivity contribution in [2.24, 2.45) is 0 Å². The molecule has 2 heterocycles. The van der Waals surface area contributed by atoms with Crippen LogP contribution in [0.3, 0.4) is 0 Å². The molecular formula is C12H13N2OS+. The van der Waals surface area contributed by atoms with E-state index in [1.807, 2.05) is 34.9 Å². The van der Waals surface area contributed by atoms with E-state index in [-0.39, 0.29) is 0 Å². The number of carbonyl (C=O) groups is 1. The SMILES string of the molecule is O=CN1CCC2SC=C[NH+]2c2ccccc21. The van der Waals surface area contributed by atoms with E-state index in [1.54, 1.807) is 0 Å². The highest BCUT2D eigenvalue weighted by molar-refractivity contribution is 8.02. The molecule has 1 aromatic rings. The molecule has 2 aliphatic heterocycles. The van der Waals surface area contributed by atoms with Crippen LogP contribution in [0.1, 0.15) is 6.42 Å². The van der Waals surface area contributed by atoms with E-state index in [1.165, 1.54) is 10.6 Å². The summed E-state index contributed by atoms with van der Waals surface area (Å²) in [6.07, 6.45) is 4.15. The first-order chi connectivity index (χ1) is 7.90. The number of anilines is 1. The van der Waals surface area contributed by atoms with Crippen LogP contribution >= 0.6 is 11.8 Å². The predicted molar refractivity (Wildman–Crippen MR) is 65.6 cm³/mol. The first-order valence-corrected chi connectivity index (χ1v) is 6.34. The number of thioether (sulfide) groups is 1. The Morgan fingerprint density at radius 3 is 3.19 bits per heavy atom. The van der Waals surface area contributed by atoms with Crippen molar-refractivity contribution in [3.63, 3.8) is 0 Å². The maximum absolute atomic E-state index is 11.1. The molecule has 0 saturated heterocycles. The van der Waals surface area contributed by atoms with Gasteiger partial charge >= 0.3 is 0 Å². The summed E-state index contributed by atoms with van der Waals surface area (Å²) in [5, 5.41) is 2.68. The lowest BCUT2D eigenvalue weighted by Crippen LogP contribution is -3.04. The molecule has 3 nitrogen and oxygen atoms in total. The van der Waals surface area contributed by atoms with Gasteiger partial charge in [0, 0.05) is 24.4 Å². The van der Waals surface area contributed by atoms with Crippen molar-refractivity contribution in [2.75, 3.05) is 11.4 Å². The highest BCUT2D eigenvalue weighted by Gasteiger charge is 2.33. The number of benzene rings is 1. The topological polar surface area (TPSA) is 24.8 Å². The van der Waals surface area contributed by atoms with Gasteiger partial charge in [0.1, 0.15) is 17.3 Å². The van der Waals surface area contributed by atoms with E-state index in [2.05, 4.69) is 17.7 Å². The van der Waals surface area contributed by atoms with Crippen LogP contribution in [0.2, 0.25) is 0 Å². The summed E-state index contributed by atoms with van der Waals surface area (Å²) >= 11 is 1.86. The first kappa shape index (κ1) is 9.93. The number of carbonyl (C=O) groups excluding carboxylic acids is 1. The van der Waals surface area contributed by atoms with Crippen LogP contribution in [0.4, 0.5) is 11.4 Å². The molecule has 4 heteroatoms. The average Bonchev–Trinajstić information content (AvgIpc) is 2.73. The normalized spacial score (nSPS) is 27.1. The Hall–Kier alpha value is -1.26. The maximum atomic E-state index is 11.1. The highest BCUT2D eigenvalue weighted by atomic mass is 32.2. The van der Waals surface area contributed by atoms with Crippen molar-refractivity contribution in [3.8, 4) is 0 Å². The van der Waals surface area contributed by atoms with Crippen LogP contribution in [0.15, 0.2) is 35.9 Å². The van der Waals surface area contributed by atoms with E-state index in [4.69, 9.17) is 0 Å². The van der Waals surface area contributed by atoms with Gasteiger partial charge in [0.2, 0.25) is 6.41 Å². The fourth-order valence-electron chi connectivity index (χ4n) is 2.33. The molecule has 0 radical (unpaired) electrons. The van der Waals surface area contributed by atoms with Gasteiger partial charge in [-0.2, -0.15) is 0 Å². The van der Waals surface area contributed by atoms with Crippen molar-refractivity contribution in [1.29, 1.82) is 0 Å². The quantitative estimate of drug-likeness (QED) is 0.735. The number of quaternary nitrogens is 1. The molecule has 0 saturated carbocycles. The predicted octanol–water partition coefficient (Wildman–Crippen LogP) is 1.11. The average molecular weight is 233 g/mol. The van der Waals surface area contributed by atoms with Gasteiger partial charge in [-0.15, -0.1) is 0 Å². The molecule has 0 bridgehead atoms. The Balaban J connectivity index is 2.11. The summed E-state index contributed by atoms with van der Waals surface area (Å²) in [4.78, 5) is 14.3. The number of nitrogens with one attached hydrogen (secondary N) is 1. The molecular weight excluding hydrogens is 220 g/mol. The van der Waals surface area contributed by atoms with Crippen LogP contribution in [0.25, 0.3) is 0 Å². The summed E-state index contributed by atoms with van der Waals surface area (Å²) < 4.78 is 0. The van der Waals surface area contributed by atoms with Crippen molar-refractivity contribution in [2.45, 2.75) is 11.8 Å². The minimum absolute atomic E-state index is 0.520. The summed E-state index contributed by atoms with van der Waals surface area (Å²) in [5.41, 5.74) is 2.25. The third kappa shape index (κ3) is 1.45. The van der Waals surface area contributed by atoms with E-state index in [9.17, 15) is 4.79 Å². The summed E-state index contributed by atoms with van der Waals surface area (Å²) in [6, 6.07) is 8.15. The van der Waals surface area contributed by atoms with Gasteiger partial charge in [0.15, 0.2) is 5.69 Å². The van der Waals surface area contributed by atoms with E-state index in [0.29, 0.717) is 5.37 Å². The van der Waals surface area contributed by atoms with Gasteiger partial charge in [-0.3, -0.25) is 9.69 Å². The Morgan fingerprint density at radius 2 is 2.31 bits per heavy atom. The van der Waals surface area contributed by atoms with Gasteiger partial charge < -0.3 is 4.90 Å². The monoisotopic (exact) mass is 233 g/mol. The molecule has 0 fully saturated rings. The zero-order valence-corrected chi connectivity index (χ0v) is 9.61. The number of fused-ring (bicyclic) bond motifs is 3. The minimum atomic E-state index is 0.520. The van der Waals surface area contributed by atoms with Gasteiger partial charge in [0.05, 0.1) is 0 Å². The van der Waals surface area contributed by atoms with Crippen LogP contribution in [0.5, 0.6) is 0 Å². The summed E-state index contributed by atoms with van der Waals surface area (Å²) in [5.74, 6) is 0. The Bertz CT molecular complexity index is 446. The van der Waals surface area contributed by atoms with Crippen molar-refractivity contribution in [3.05, 3.63) is 35.9 Å². The number of hydrogen-bond acceptors (Lipinski definition) is 2. The lowest BCUT2D eigenvalue weighted by molar-refractivity contribution is -0.783. The molecule has 0 aliphatic carbocycles. The number of hydrogen-bond donors (Lipinski definition) is 1. The maximum Gasteiger partial charge on any atom is 0.214 e. The van der Waals surface area contributed by atoms with E-state index in [0.717, 1.165) is 25.1 Å². The molecule has 3 rings (SSSR count). The fraction of sp³-hybridized carbons (Fsp3) is 0.250. The molecule has 2 aliphatic rings. The van der Waals surface area contributed by atoms with Gasteiger partial charge in [-0.1, -0.05) is 23.9 Å². The fourth-order valence-corrected chi connectivity index (χ4v) is 3.34. The first-order valence-electron chi connectivity index (χ1n) is 5.40. The van der Waals surface area contributed by atoms with Crippen molar-refractivity contribution >= 4 is 29.5 Å². The van der Waals surface area contributed by atoms with Crippen LogP contribution in [0, 0.1) is 0 Å². The number of rotatable bonds is 1. The van der Waals surface area contributed by atoms with Gasteiger partial charge in [-0.05, 0) is 6.07 Å². The summed E-state index contributed by atoms with van der Waals surface area (Å²) in [7, 11) is 0. The molecule has 2 unspecified atom stereocenters. The molecule has 1 aromatic carbocycles. The number of amides is 1. The van der Waals surface area contributed by atoms with Crippen LogP contribution in [-0.4, -0.2) is 18.3 Å². The molecule has 16 heavy (non-hydrogen) atoms. The second kappa shape index (κ2) is 3.96. The Labute approximate surface area is 98.7 Å². The lowest BCUT2D eigenvalue weighted by Gasteiger charge is -2.17. The smallest absolute Gasteiger partial charge is 0.214 e. The molecule has 1 amide bonds. The standard InChI is InChI=1S/C12H12N2OS/c15-9-13-6-5-12-14(7-8-16-12)11-4-2-1-3-10(11)13/h1-4,7-9,12H,5-6H2/p+1. The van der Waals surface area contributed by atoms with E-state index < -0.39 is 0 Å². The van der Waals surface area contributed by atoms with Crippen LogP contribution in [-0.2, 0) is 4.79 Å². The molecule has 82 valence electrons. The van der Waals surface area contributed by atoms with E-state index >= 15 is 0 Å². The van der Waals surface area contributed by atoms with Gasteiger partial charge in [-0.25, -0.2) is 0 Å². The molecule has 1 N–H and O–H groups in total. The number of para-hydroxylation sites is 2. The van der Waals surface area contributed by atoms with Crippen molar-refractivity contribution in [1.82, 2.24) is 0 Å². The Morgan fingerprint density at radius 1 is 1.44 bits per heavy atom. The number of nitrogens with zero attached hydrogens (tertiary/aromatic N) is 1. The summed E-state index contributed by atoms with van der Waals surface area (Å²) in [6.45, 7) is 0.809. The third-order valence-corrected chi connectivity index (χ3v) is 4.23. The zero-order chi connectivity index (χ0) is 11.0. The van der Waals surface area contributed by atoms with Gasteiger partial charge in [0.25, 0.3) is 0 Å². The van der Waals surface area contributed by atoms with Crippen LogP contribution < -0.4 is 9.80 Å². The second-order valence-electron chi connectivity index (χ2n) is 3.99. The third-order valence-electron chi connectivity index (χ3n) is 3.12. The zero-order valence-electron chi connectivity index (χ0n) is 8.80.